The van der Waals surface area contributed by atoms with Crippen LogP contribution < -0.4 is 22.1 Å². The summed E-state index contributed by atoms with van der Waals surface area (Å²) in [4.78, 5) is 25.4. The van der Waals surface area contributed by atoms with Crippen molar-refractivity contribution in [3.8, 4) is 0 Å². The van der Waals surface area contributed by atoms with E-state index in [0.29, 0.717) is 30.5 Å². The minimum absolute atomic E-state index is 0.0860. The van der Waals surface area contributed by atoms with Gasteiger partial charge in [-0.05, 0) is 73.8 Å². The Kier molecular flexibility index (Phi) is 8.20. The van der Waals surface area contributed by atoms with Gasteiger partial charge in [-0.1, -0.05) is 26.0 Å². The third-order valence-corrected chi connectivity index (χ3v) is 6.70. The summed E-state index contributed by atoms with van der Waals surface area (Å²) in [5, 5.41) is 7.58. The summed E-state index contributed by atoms with van der Waals surface area (Å²) >= 11 is 0. The Hall–Kier alpha value is -3.46. The average Bonchev–Trinajstić information content (AvgIpc) is 3.34. The van der Waals surface area contributed by atoms with Crippen molar-refractivity contribution in [2.75, 3.05) is 16.8 Å². The average molecular weight is 492 g/mol. The molecule has 1 atom stereocenters. The fourth-order valence-electron chi connectivity index (χ4n) is 4.68. The molecule has 6 N–H and O–H groups in total. The lowest BCUT2D eigenvalue weighted by atomic mass is 10.0. The van der Waals surface area contributed by atoms with E-state index in [0.717, 1.165) is 59.9 Å². The molecule has 1 aromatic carbocycles. The summed E-state index contributed by atoms with van der Waals surface area (Å²) in [5.74, 6) is 0.734. The van der Waals surface area contributed by atoms with Crippen molar-refractivity contribution in [2.24, 2.45) is 5.92 Å². The normalized spacial score (nSPS) is 14.9. The standard InChI is InChI=1S/C27H37N7O2/c1-16(2)12-22(26(35)36-21-6-4-5-7-21)31-13-18-8-10-20(11-9-18)30-14-19-15-32-25-23(17(19)3)24(28)33-27(29)34-25/h8-11,15-16,21-22,30-31H,4-7,12-14H2,1-3H3,(H4,28,29,32,33,34). The van der Waals surface area contributed by atoms with Crippen LogP contribution in [0, 0.1) is 12.8 Å². The predicted molar refractivity (Wildman–Crippen MR) is 143 cm³/mol. The van der Waals surface area contributed by atoms with Gasteiger partial charge in [-0.25, -0.2) is 4.98 Å². The van der Waals surface area contributed by atoms with Gasteiger partial charge >= 0.3 is 5.97 Å². The largest absolute Gasteiger partial charge is 0.461 e. The third kappa shape index (κ3) is 6.40. The van der Waals surface area contributed by atoms with Gasteiger partial charge in [0.25, 0.3) is 0 Å². The molecule has 1 saturated carbocycles. The van der Waals surface area contributed by atoms with Crippen molar-refractivity contribution in [1.29, 1.82) is 0 Å². The Morgan fingerprint density at radius 3 is 2.53 bits per heavy atom. The molecule has 0 amide bonds. The molecule has 1 fully saturated rings. The van der Waals surface area contributed by atoms with Gasteiger partial charge in [-0.2, -0.15) is 9.97 Å². The lowest BCUT2D eigenvalue weighted by Crippen LogP contribution is -2.40. The molecule has 1 aliphatic rings. The Morgan fingerprint density at radius 2 is 1.83 bits per heavy atom. The number of esters is 1. The number of aromatic nitrogens is 3. The highest BCUT2D eigenvalue weighted by Gasteiger charge is 2.26. The number of anilines is 3. The molecule has 36 heavy (non-hydrogen) atoms. The molecular formula is C27H37N7O2. The number of fused-ring (bicyclic) bond motifs is 1. The molecular weight excluding hydrogens is 454 g/mol. The zero-order chi connectivity index (χ0) is 25.7. The van der Waals surface area contributed by atoms with E-state index < -0.39 is 0 Å². The Balaban J connectivity index is 1.34. The number of rotatable bonds is 10. The van der Waals surface area contributed by atoms with Crippen LogP contribution in [0.25, 0.3) is 11.0 Å². The molecule has 1 unspecified atom stereocenters. The fourth-order valence-corrected chi connectivity index (χ4v) is 4.68. The van der Waals surface area contributed by atoms with E-state index in [1.54, 1.807) is 6.20 Å². The van der Waals surface area contributed by atoms with Crippen LogP contribution in [0.1, 0.15) is 62.6 Å². The maximum absolute atomic E-state index is 12.8. The van der Waals surface area contributed by atoms with E-state index in [1.165, 1.54) is 0 Å². The van der Waals surface area contributed by atoms with Crippen molar-refractivity contribution >= 4 is 34.5 Å². The zero-order valence-electron chi connectivity index (χ0n) is 21.4. The molecule has 1 aliphatic carbocycles. The van der Waals surface area contributed by atoms with Crippen LogP contribution in [-0.4, -0.2) is 33.1 Å². The van der Waals surface area contributed by atoms with Crippen molar-refractivity contribution in [3.05, 3.63) is 47.2 Å². The van der Waals surface area contributed by atoms with E-state index in [-0.39, 0.29) is 24.1 Å². The zero-order valence-corrected chi connectivity index (χ0v) is 21.4. The van der Waals surface area contributed by atoms with Crippen LogP contribution >= 0.6 is 0 Å². The number of hydrogen-bond donors (Lipinski definition) is 4. The van der Waals surface area contributed by atoms with Crippen LogP contribution in [0.3, 0.4) is 0 Å². The van der Waals surface area contributed by atoms with Crippen LogP contribution in [0.4, 0.5) is 17.5 Å². The second-order valence-electron chi connectivity index (χ2n) is 10.0. The minimum Gasteiger partial charge on any atom is -0.461 e. The molecule has 0 bridgehead atoms. The van der Waals surface area contributed by atoms with E-state index in [9.17, 15) is 4.79 Å². The summed E-state index contributed by atoms with van der Waals surface area (Å²) in [7, 11) is 0. The number of nitrogens with two attached hydrogens (primary N) is 2. The topological polar surface area (TPSA) is 141 Å². The summed E-state index contributed by atoms with van der Waals surface area (Å²) in [5.41, 5.74) is 16.3. The number of carbonyl (C=O) groups is 1. The smallest absolute Gasteiger partial charge is 0.323 e. The maximum atomic E-state index is 12.8. The van der Waals surface area contributed by atoms with E-state index >= 15 is 0 Å². The van der Waals surface area contributed by atoms with Gasteiger partial charge in [0.05, 0.1) is 5.39 Å². The second-order valence-corrected chi connectivity index (χ2v) is 10.0. The SMILES string of the molecule is Cc1c(CNc2ccc(CNC(CC(C)C)C(=O)OC3CCCC3)cc2)cnc2nc(N)nc(N)c12. The van der Waals surface area contributed by atoms with Crippen molar-refractivity contribution < 1.29 is 9.53 Å². The number of nitrogen functional groups attached to an aromatic ring is 2. The molecule has 4 rings (SSSR count). The number of hydrogen-bond acceptors (Lipinski definition) is 9. The highest BCUT2D eigenvalue weighted by Crippen LogP contribution is 2.25. The lowest BCUT2D eigenvalue weighted by molar-refractivity contribution is -0.151. The summed E-state index contributed by atoms with van der Waals surface area (Å²) in [6.45, 7) is 7.42. The summed E-state index contributed by atoms with van der Waals surface area (Å²) < 4.78 is 5.77. The highest BCUT2D eigenvalue weighted by atomic mass is 16.5. The Morgan fingerprint density at radius 1 is 1.11 bits per heavy atom. The lowest BCUT2D eigenvalue weighted by Gasteiger charge is -2.22. The first-order valence-electron chi connectivity index (χ1n) is 12.7. The van der Waals surface area contributed by atoms with E-state index in [1.807, 2.05) is 19.1 Å². The van der Waals surface area contributed by atoms with E-state index in [4.69, 9.17) is 16.2 Å². The summed E-state index contributed by atoms with van der Waals surface area (Å²) in [6.07, 6.45) is 6.90. The van der Waals surface area contributed by atoms with Crippen molar-refractivity contribution in [3.63, 3.8) is 0 Å². The van der Waals surface area contributed by atoms with Crippen LogP contribution in [-0.2, 0) is 22.6 Å². The molecule has 2 heterocycles. The number of ether oxygens (including phenoxy) is 1. The van der Waals surface area contributed by atoms with Gasteiger partial charge < -0.3 is 26.8 Å². The number of nitrogens with zero attached hydrogens (tertiary/aromatic N) is 3. The molecule has 0 spiro atoms. The van der Waals surface area contributed by atoms with Gasteiger partial charge in [0.2, 0.25) is 5.95 Å². The van der Waals surface area contributed by atoms with Crippen molar-refractivity contribution in [2.45, 2.75) is 78.1 Å². The molecule has 0 saturated heterocycles. The Labute approximate surface area is 212 Å². The molecule has 9 heteroatoms. The first-order valence-corrected chi connectivity index (χ1v) is 12.7. The third-order valence-electron chi connectivity index (χ3n) is 6.70. The molecule has 192 valence electrons. The minimum atomic E-state index is -0.293. The first kappa shape index (κ1) is 25.6. The van der Waals surface area contributed by atoms with Gasteiger partial charge in [0.15, 0.2) is 5.65 Å². The van der Waals surface area contributed by atoms with Gasteiger partial charge in [-0.15, -0.1) is 0 Å². The molecule has 3 aromatic rings. The maximum Gasteiger partial charge on any atom is 0.323 e. The fraction of sp³-hybridized carbons (Fsp3) is 0.481. The van der Waals surface area contributed by atoms with Crippen LogP contribution in [0.2, 0.25) is 0 Å². The number of aryl methyl sites for hydroxylation is 1. The first-order chi connectivity index (χ1) is 17.3. The molecule has 9 nitrogen and oxygen atoms in total. The van der Waals surface area contributed by atoms with Crippen LogP contribution in [0.15, 0.2) is 30.5 Å². The Bertz CT molecular complexity index is 1190. The monoisotopic (exact) mass is 491 g/mol. The van der Waals surface area contributed by atoms with Gasteiger partial charge in [0, 0.05) is 25.0 Å². The van der Waals surface area contributed by atoms with Crippen molar-refractivity contribution in [1.82, 2.24) is 20.3 Å². The molecule has 0 radical (unpaired) electrons. The number of nitrogens with one attached hydrogen (secondary N) is 2. The summed E-state index contributed by atoms with van der Waals surface area (Å²) in [6, 6.07) is 7.90. The van der Waals surface area contributed by atoms with Crippen LogP contribution in [0.5, 0.6) is 0 Å². The quantitative estimate of drug-likeness (QED) is 0.308. The van der Waals surface area contributed by atoms with E-state index in [2.05, 4.69) is 51.6 Å². The number of benzene rings is 1. The predicted octanol–water partition coefficient (Wildman–Crippen LogP) is 4.10. The van der Waals surface area contributed by atoms with Gasteiger partial charge in [-0.3, -0.25) is 4.79 Å². The van der Waals surface area contributed by atoms with Gasteiger partial charge in [0.1, 0.15) is 18.0 Å². The number of pyridine rings is 1. The molecule has 0 aliphatic heterocycles. The molecule has 2 aromatic heterocycles. The second kappa shape index (κ2) is 11.5. The number of carbonyl (C=O) groups excluding carboxylic acids is 1. The highest BCUT2D eigenvalue weighted by molar-refractivity contribution is 5.90.